The highest BCUT2D eigenvalue weighted by atomic mass is 16.5. The normalized spacial score (nSPS) is 13.0. The number of methoxy groups -OCH3 is 1. The lowest BCUT2D eigenvalue weighted by atomic mass is 10.00. The fourth-order valence-corrected chi connectivity index (χ4v) is 3.04. The smallest absolute Gasteiger partial charge is 0.274 e. The van der Waals surface area contributed by atoms with Gasteiger partial charge in [-0.05, 0) is 62.4 Å². The van der Waals surface area contributed by atoms with Crippen molar-refractivity contribution in [2.45, 2.75) is 33.6 Å². The number of hydrogen-bond acceptors (Lipinski definition) is 5. The SMILES string of the molecule is COc1nc(C(=O)Nc2ccc(C)c(C(=N)C3CC3)c2)c(C)c(C)c1C#N. The van der Waals surface area contributed by atoms with Crippen LogP contribution in [0, 0.1) is 43.4 Å². The van der Waals surface area contributed by atoms with E-state index in [1.165, 1.54) is 7.11 Å². The molecule has 0 spiro atoms. The van der Waals surface area contributed by atoms with Gasteiger partial charge in [-0.3, -0.25) is 4.79 Å². The molecular weight excluding hydrogens is 340 g/mol. The Bertz CT molecular complexity index is 985. The number of nitrogens with one attached hydrogen (secondary N) is 2. The summed E-state index contributed by atoms with van der Waals surface area (Å²) < 4.78 is 5.17. The third-order valence-corrected chi connectivity index (χ3v) is 5.01. The summed E-state index contributed by atoms with van der Waals surface area (Å²) in [4.78, 5) is 17.0. The number of nitriles is 1. The zero-order valence-corrected chi connectivity index (χ0v) is 15.9. The van der Waals surface area contributed by atoms with Crippen molar-refractivity contribution in [3.8, 4) is 11.9 Å². The molecule has 6 nitrogen and oxygen atoms in total. The van der Waals surface area contributed by atoms with E-state index in [0.717, 1.165) is 24.0 Å². The number of rotatable bonds is 5. The minimum absolute atomic E-state index is 0.144. The van der Waals surface area contributed by atoms with Crippen molar-refractivity contribution in [1.82, 2.24) is 4.98 Å². The van der Waals surface area contributed by atoms with Crippen LogP contribution in [0.3, 0.4) is 0 Å². The van der Waals surface area contributed by atoms with Crippen LogP contribution >= 0.6 is 0 Å². The molecule has 1 heterocycles. The molecule has 0 saturated heterocycles. The number of hydrogen-bond donors (Lipinski definition) is 2. The molecule has 0 atom stereocenters. The molecule has 1 aromatic heterocycles. The third-order valence-electron chi connectivity index (χ3n) is 5.01. The highest BCUT2D eigenvalue weighted by Crippen LogP contribution is 2.34. The van der Waals surface area contributed by atoms with Crippen LogP contribution in [-0.2, 0) is 0 Å². The highest BCUT2D eigenvalue weighted by Gasteiger charge is 2.28. The lowest BCUT2D eigenvalue weighted by molar-refractivity contribution is 0.102. The fraction of sp³-hybridized carbons (Fsp3) is 0.333. The Kier molecular flexibility index (Phi) is 4.95. The number of anilines is 1. The van der Waals surface area contributed by atoms with Crippen LogP contribution in [0.15, 0.2) is 18.2 Å². The maximum absolute atomic E-state index is 12.8. The molecule has 0 radical (unpaired) electrons. The molecule has 1 aliphatic rings. The fourth-order valence-electron chi connectivity index (χ4n) is 3.04. The predicted molar refractivity (Wildman–Crippen MR) is 104 cm³/mol. The summed E-state index contributed by atoms with van der Waals surface area (Å²) in [6.45, 7) is 5.51. The molecular formula is C21H22N4O2. The van der Waals surface area contributed by atoms with E-state index in [1.54, 1.807) is 13.8 Å². The summed E-state index contributed by atoms with van der Waals surface area (Å²) in [7, 11) is 1.43. The van der Waals surface area contributed by atoms with Gasteiger partial charge in [0.05, 0.1) is 7.11 Å². The lowest BCUT2D eigenvalue weighted by Gasteiger charge is -2.14. The Labute approximate surface area is 158 Å². The molecule has 2 N–H and O–H groups in total. The van der Waals surface area contributed by atoms with Gasteiger partial charge in [0, 0.05) is 22.9 Å². The molecule has 6 heteroatoms. The second kappa shape index (κ2) is 7.20. The van der Waals surface area contributed by atoms with E-state index in [4.69, 9.17) is 10.1 Å². The van der Waals surface area contributed by atoms with Crippen LogP contribution in [0.5, 0.6) is 5.88 Å². The first-order valence-corrected chi connectivity index (χ1v) is 8.83. The Morgan fingerprint density at radius 3 is 2.59 bits per heavy atom. The van der Waals surface area contributed by atoms with Crippen LogP contribution in [0.1, 0.15) is 51.1 Å². The summed E-state index contributed by atoms with van der Waals surface area (Å²) in [5.74, 6) is 0.112. The van der Waals surface area contributed by atoms with Gasteiger partial charge in [-0.1, -0.05) is 6.07 Å². The van der Waals surface area contributed by atoms with Crippen molar-refractivity contribution >= 4 is 17.3 Å². The number of carbonyl (C=O) groups excluding carboxylic acids is 1. The van der Waals surface area contributed by atoms with Crippen LogP contribution in [-0.4, -0.2) is 23.7 Å². The molecule has 1 aliphatic carbocycles. The Balaban J connectivity index is 1.92. The van der Waals surface area contributed by atoms with Gasteiger partial charge in [0.1, 0.15) is 17.3 Å². The molecule has 0 aliphatic heterocycles. The first kappa shape index (κ1) is 18.6. The number of aryl methyl sites for hydroxylation is 1. The summed E-state index contributed by atoms with van der Waals surface area (Å²) in [5, 5.41) is 20.5. The average Bonchev–Trinajstić information content (AvgIpc) is 3.49. The van der Waals surface area contributed by atoms with E-state index in [0.29, 0.717) is 34.0 Å². The second-order valence-corrected chi connectivity index (χ2v) is 6.88. The van der Waals surface area contributed by atoms with Crippen molar-refractivity contribution in [2.75, 3.05) is 12.4 Å². The van der Waals surface area contributed by atoms with Gasteiger partial charge in [-0.25, -0.2) is 4.98 Å². The van der Waals surface area contributed by atoms with Crippen molar-refractivity contribution in [1.29, 1.82) is 10.7 Å². The van der Waals surface area contributed by atoms with Crippen molar-refractivity contribution < 1.29 is 9.53 Å². The number of nitrogens with zero attached hydrogens (tertiary/aromatic N) is 2. The number of aromatic nitrogens is 1. The maximum atomic E-state index is 12.8. The minimum Gasteiger partial charge on any atom is -0.480 e. The zero-order chi connectivity index (χ0) is 19.7. The van der Waals surface area contributed by atoms with Gasteiger partial charge < -0.3 is 15.5 Å². The van der Waals surface area contributed by atoms with Crippen LogP contribution < -0.4 is 10.1 Å². The summed E-state index contributed by atoms with van der Waals surface area (Å²) >= 11 is 0. The number of amides is 1. The Morgan fingerprint density at radius 2 is 2.00 bits per heavy atom. The topological polar surface area (TPSA) is 98.9 Å². The number of ether oxygens (including phenoxy) is 1. The Hall–Kier alpha value is -3.20. The van der Waals surface area contributed by atoms with Gasteiger partial charge in [0.2, 0.25) is 5.88 Å². The van der Waals surface area contributed by atoms with E-state index in [1.807, 2.05) is 25.1 Å². The van der Waals surface area contributed by atoms with Crippen LogP contribution in [0.25, 0.3) is 0 Å². The lowest BCUT2D eigenvalue weighted by Crippen LogP contribution is -2.18. The maximum Gasteiger partial charge on any atom is 0.274 e. The number of benzene rings is 1. The molecule has 1 fully saturated rings. The standard InChI is InChI=1S/C21H22N4O2/c1-11-5-8-15(9-16(11)18(23)14-6-7-14)24-20(26)19-13(3)12(2)17(10-22)21(25-19)27-4/h5,8-9,14,23H,6-7H2,1-4H3,(H,24,26). The predicted octanol–water partition coefficient (Wildman–Crippen LogP) is 3.92. The highest BCUT2D eigenvalue weighted by molar-refractivity contribution is 6.06. The van der Waals surface area contributed by atoms with E-state index in [-0.39, 0.29) is 17.5 Å². The first-order valence-electron chi connectivity index (χ1n) is 8.83. The van der Waals surface area contributed by atoms with Gasteiger partial charge in [-0.2, -0.15) is 5.26 Å². The quantitative estimate of drug-likeness (QED) is 0.788. The first-order chi connectivity index (χ1) is 12.9. The molecule has 1 aromatic carbocycles. The summed E-state index contributed by atoms with van der Waals surface area (Å²) in [5.41, 5.74) is 5.02. The molecule has 3 rings (SSSR count). The number of pyridine rings is 1. The monoisotopic (exact) mass is 362 g/mol. The Morgan fingerprint density at radius 1 is 1.30 bits per heavy atom. The average molecular weight is 362 g/mol. The van der Waals surface area contributed by atoms with E-state index in [9.17, 15) is 10.1 Å². The van der Waals surface area contributed by atoms with Crippen LogP contribution in [0.2, 0.25) is 0 Å². The van der Waals surface area contributed by atoms with Gasteiger partial charge >= 0.3 is 0 Å². The molecule has 0 unspecified atom stereocenters. The number of carbonyl (C=O) groups is 1. The molecule has 1 saturated carbocycles. The van der Waals surface area contributed by atoms with Crippen molar-refractivity contribution in [2.24, 2.45) is 5.92 Å². The van der Waals surface area contributed by atoms with Crippen LogP contribution in [0.4, 0.5) is 5.69 Å². The summed E-state index contributed by atoms with van der Waals surface area (Å²) in [6, 6.07) is 7.64. The second-order valence-electron chi connectivity index (χ2n) is 6.88. The molecule has 27 heavy (non-hydrogen) atoms. The van der Waals surface area contributed by atoms with Gasteiger partial charge in [0.15, 0.2) is 0 Å². The zero-order valence-electron chi connectivity index (χ0n) is 15.9. The van der Waals surface area contributed by atoms with Gasteiger partial charge in [-0.15, -0.1) is 0 Å². The molecule has 0 bridgehead atoms. The van der Waals surface area contributed by atoms with Crippen molar-refractivity contribution in [3.63, 3.8) is 0 Å². The molecule has 138 valence electrons. The minimum atomic E-state index is -0.369. The largest absolute Gasteiger partial charge is 0.480 e. The van der Waals surface area contributed by atoms with E-state index in [2.05, 4.69) is 16.4 Å². The third kappa shape index (κ3) is 3.54. The van der Waals surface area contributed by atoms with E-state index < -0.39 is 0 Å². The summed E-state index contributed by atoms with van der Waals surface area (Å²) in [6.07, 6.45) is 2.12. The molecule has 1 amide bonds. The van der Waals surface area contributed by atoms with Gasteiger partial charge in [0.25, 0.3) is 5.91 Å². The van der Waals surface area contributed by atoms with Crippen molar-refractivity contribution in [3.05, 3.63) is 51.7 Å². The van der Waals surface area contributed by atoms with E-state index >= 15 is 0 Å². The molecule has 2 aromatic rings.